The Labute approximate surface area is 121 Å². The predicted octanol–water partition coefficient (Wildman–Crippen LogP) is 2.18. The molecule has 0 fully saturated rings. The zero-order valence-corrected chi connectivity index (χ0v) is 12.6. The first kappa shape index (κ1) is 15.8. The summed E-state index contributed by atoms with van der Waals surface area (Å²) in [5.74, 6) is 0.306. The Kier molecular flexibility index (Phi) is 6.66. The van der Waals surface area contributed by atoms with Crippen LogP contribution in [-0.2, 0) is 9.53 Å². The van der Waals surface area contributed by atoms with Gasteiger partial charge in [-0.1, -0.05) is 15.9 Å². The molecule has 0 amide bonds. The van der Waals surface area contributed by atoms with E-state index in [0.717, 1.165) is 10.2 Å². The Hall–Kier alpha value is -1.27. The number of esters is 1. The first-order valence-electron chi connectivity index (χ1n) is 5.97. The maximum absolute atomic E-state index is 11.2. The molecule has 0 saturated heterocycles. The van der Waals surface area contributed by atoms with Crippen molar-refractivity contribution in [3.8, 4) is 5.75 Å². The lowest BCUT2D eigenvalue weighted by molar-refractivity contribution is -0.145. The number of anilines is 1. The Morgan fingerprint density at radius 1 is 1.47 bits per heavy atom. The SMILES string of the molecule is CCOC(=O)CC(O)CNc1cc(Br)cc(OC)c1. The number of aliphatic hydroxyl groups excluding tert-OH is 1. The smallest absolute Gasteiger partial charge is 0.308 e. The van der Waals surface area contributed by atoms with Gasteiger partial charge in [0.15, 0.2) is 0 Å². The van der Waals surface area contributed by atoms with Gasteiger partial charge in [0, 0.05) is 22.8 Å². The molecule has 2 N–H and O–H groups in total. The van der Waals surface area contributed by atoms with Gasteiger partial charge in [0.05, 0.1) is 26.2 Å². The minimum absolute atomic E-state index is 0.0218. The normalized spacial score (nSPS) is 11.8. The molecule has 0 bridgehead atoms. The maximum Gasteiger partial charge on any atom is 0.308 e. The Balaban J connectivity index is 2.47. The molecule has 0 aliphatic carbocycles. The topological polar surface area (TPSA) is 67.8 Å². The van der Waals surface area contributed by atoms with Crippen molar-refractivity contribution in [2.24, 2.45) is 0 Å². The van der Waals surface area contributed by atoms with E-state index in [1.807, 2.05) is 18.2 Å². The van der Waals surface area contributed by atoms with Gasteiger partial charge in [-0.05, 0) is 19.1 Å². The number of carbonyl (C=O) groups excluding carboxylic acids is 1. The van der Waals surface area contributed by atoms with Crippen molar-refractivity contribution in [1.29, 1.82) is 0 Å². The third-order valence-electron chi connectivity index (χ3n) is 2.36. The second-order valence-corrected chi connectivity index (χ2v) is 4.84. The van der Waals surface area contributed by atoms with Crippen LogP contribution < -0.4 is 10.1 Å². The number of hydrogen-bond acceptors (Lipinski definition) is 5. The van der Waals surface area contributed by atoms with E-state index in [-0.39, 0.29) is 13.0 Å². The van der Waals surface area contributed by atoms with E-state index in [9.17, 15) is 9.90 Å². The Morgan fingerprint density at radius 2 is 2.21 bits per heavy atom. The van der Waals surface area contributed by atoms with Gasteiger partial charge in [-0.2, -0.15) is 0 Å². The zero-order chi connectivity index (χ0) is 14.3. The number of carbonyl (C=O) groups is 1. The zero-order valence-electron chi connectivity index (χ0n) is 11.0. The van der Waals surface area contributed by atoms with Gasteiger partial charge in [-0.15, -0.1) is 0 Å². The van der Waals surface area contributed by atoms with Crippen LogP contribution in [0.15, 0.2) is 22.7 Å². The largest absolute Gasteiger partial charge is 0.497 e. The quantitative estimate of drug-likeness (QED) is 0.749. The monoisotopic (exact) mass is 331 g/mol. The second kappa shape index (κ2) is 8.01. The number of rotatable bonds is 7. The van der Waals surface area contributed by atoms with Gasteiger partial charge in [0.1, 0.15) is 5.75 Å². The lowest BCUT2D eigenvalue weighted by atomic mass is 10.2. The van der Waals surface area contributed by atoms with Gasteiger partial charge in [0.2, 0.25) is 0 Å². The van der Waals surface area contributed by atoms with E-state index in [2.05, 4.69) is 21.2 Å². The van der Waals surface area contributed by atoms with Gasteiger partial charge >= 0.3 is 5.97 Å². The summed E-state index contributed by atoms with van der Waals surface area (Å²) in [6, 6.07) is 5.50. The van der Waals surface area contributed by atoms with Crippen LogP contribution in [0.4, 0.5) is 5.69 Å². The molecule has 0 spiro atoms. The van der Waals surface area contributed by atoms with E-state index in [0.29, 0.717) is 12.4 Å². The minimum Gasteiger partial charge on any atom is -0.497 e. The number of ether oxygens (including phenoxy) is 2. The summed E-state index contributed by atoms with van der Waals surface area (Å²) in [7, 11) is 1.58. The number of methoxy groups -OCH3 is 1. The fraction of sp³-hybridized carbons (Fsp3) is 0.462. The van der Waals surface area contributed by atoms with Crippen LogP contribution in [0.5, 0.6) is 5.75 Å². The molecule has 0 heterocycles. The van der Waals surface area contributed by atoms with Crippen LogP contribution in [0.25, 0.3) is 0 Å². The van der Waals surface area contributed by atoms with Crippen molar-refractivity contribution in [3.63, 3.8) is 0 Å². The van der Waals surface area contributed by atoms with Crippen LogP contribution in [-0.4, -0.2) is 37.4 Å². The fourth-order valence-corrected chi connectivity index (χ4v) is 1.98. The summed E-state index contributed by atoms with van der Waals surface area (Å²) < 4.78 is 10.8. The summed E-state index contributed by atoms with van der Waals surface area (Å²) in [6.07, 6.45) is -0.810. The highest BCUT2D eigenvalue weighted by Gasteiger charge is 2.11. The van der Waals surface area contributed by atoms with Gasteiger partial charge in [0.25, 0.3) is 0 Å². The molecule has 5 nitrogen and oxygen atoms in total. The first-order valence-corrected chi connectivity index (χ1v) is 6.76. The highest BCUT2D eigenvalue weighted by atomic mass is 79.9. The highest BCUT2D eigenvalue weighted by Crippen LogP contribution is 2.24. The molecule has 0 aromatic heterocycles. The van der Waals surface area contributed by atoms with Crippen LogP contribution >= 0.6 is 15.9 Å². The van der Waals surface area contributed by atoms with Crippen molar-refractivity contribution in [1.82, 2.24) is 0 Å². The summed E-state index contributed by atoms with van der Waals surface area (Å²) in [4.78, 5) is 11.2. The van der Waals surface area contributed by atoms with Crippen molar-refractivity contribution < 1.29 is 19.4 Å². The number of nitrogens with one attached hydrogen (secondary N) is 1. The maximum atomic E-state index is 11.2. The third-order valence-corrected chi connectivity index (χ3v) is 2.81. The molecule has 1 aromatic carbocycles. The van der Waals surface area contributed by atoms with Crippen molar-refractivity contribution in [2.45, 2.75) is 19.4 Å². The molecular formula is C13H18BrNO4. The molecule has 1 aromatic rings. The lowest BCUT2D eigenvalue weighted by Gasteiger charge is -2.13. The molecular weight excluding hydrogens is 314 g/mol. The van der Waals surface area contributed by atoms with Crippen molar-refractivity contribution >= 4 is 27.6 Å². The van der Waals surface area contributed by atoms with E-state index in [1.54, 1.807) is 14.0 Å². The molecule has 1 atom stereocenters. The summed E-state index contributed by atoms with van der Waals surface area (Å²) >= 11 is 3.37. The molecule has 6 heteroatoms. The minimum atomic E-state index is -0.788. The number of benzene rings is 1. The van der Waals surface area contributed by atoms with Gasteiger partial charge < -0.3 is 19.9 Å². The van der Waals surface area contributed by atoms with Crippen LogP contribution in [0.3, 0.4) is 0 Å². The molecule has 0 aliphatic rings. The van der Waals surface area contributed by atoms with Gasteiger partial charge in [-0.25, -0.2) is 0 Å². The molecule has 19 heavy (non-hydrogen) atoms. The van der Waals surface area contributed by atoms with E-state index < -0.39 is 12.1 Å². The predicted molar refractivity (Wildman–Crippen MR) is 76.4 cm³/mol. The Morgan fingerprint density at radius 3 is 2.84 bits per heavy atom. The summed E-state index contributed by atoms with van der Waals surface area (Å²) in [5.41, 5.74) is 0.800. The Bertz CT molecular complexity index is 425. The van der Waals surface area contributed by atoms with Crippen LogP contribution in [0, 0.1) is 0 Å². The summed E-state index contributed by atoms with van der Waals surface area (Å²) in [5, 5.41) is 12.7. The molecule has 1 unspecified atom stereocenters. The first-order chi connectivity index (χ1) is 9.05. The average molecular weight is 332 g/mol. The molecule has 0 aliphatic heterocycles. The fourth-order valence-electron chi connectivity index (χ4n) is 1.50. The third kappa shape index (κ3) is 5.94. The number of aliphatic hydroxyl groups is 1. The van der Waals surface area contributed by atoms with Crippen molar-refractivity contribution in [3.05, 3.63) is 22.7 Å². The van der Waals surface area contributed by atoms with Crippen LogP contribution in [0.1, 0.15) is 13.3 Å². The molecule has 1 rings (SSSR count). The highest BCUT2D eigenvalue weighted by molar-refractivity contribution is 9.10. The standard InChI is InChI=1S/C13H18BrNO4/c1-3-19-13(17)7-11(16)8-15-10-4-9(14)5-12(6-10)18-2/h4-6,11,15-16H,3,7-8H2,1-2H3. The van der Waals surface area contributed by atoms with Gasteiger partial charge in [-0.3, -0.25) is 4.79 Å². The molecule has 0 radical (unpaired) electrons. The number of hydrogen-bond donors (Lipinski definition) is 2. The second-order valence-electron chi connectivity index (χ2n) is 3.92. The van der Waals surface area contributed by atoms with E-state index >= 15 is 0 Å². The molecule has 106 valence electrons. The lowest BCUT2D eigenvalue weighted by Crippen LogP contribution is -2.23. The summed E-state index contributed by atoms with van der Waals surface area (Å²) in [6.45, 7) is 2.32. The average Bonchev–Trinajstić information content (AvgIpc) is 2.36. The number of halogens is 1. The van der Waals surface area contributed by atoms with Crippen molar-refractivity contribution in [2.75, 3.05) is 25.6 Å². The van der Waals surface area contributed by atoms with E-state index in [4.69, 9.17) is 9.47 Å². The van der Waals surface area contributed by atoms with E-state index in [1.165, 1.54) is 0 Å². The molecule has 0 saturated carbocycles. The van der Waals surface area contributed by atoms with Crippen LogP contribution in [0.2, 0.25) is 0 Å².